The molecule has 1 unspecified atom stereocenters. The molecule has 7 heteroatoms. The minimum absolute atomic E-state index is 0.117. The van der Waals surface area contributed by atoms with Gasteiger partial charge in [0.2, 0.25) is 18.0 Å². The van der Waals surface area contributed by atoms with E-state index in [1.54, 1.807) is 18.2 Å². The number of para-hydroxylation sites is 1. The Hall–Kier alpha value is -3.22. The van der Waals surface area contributed by atoms with Crippen molar-refractivity contribution < 1.29 is 14.5 Å². The third kappa shape index (κ3) is 2.83. The van der Waals surface area contributed by atoms with Crippen LogP contribution in [0.25, 0.3) is 0 Å². The van der Waals surface area contributed by atoms with E-state index in [1.807, 2.05) is 31.2 Å². The summed E-state index contributed by atoms with van der Waals surface area (Å²) in [5, 5.41) is 16.6. The number of benzene rings is 2. The summed E-state index contributed by atoms with van der Waals surface area (Å²) in [6.07, 6.45) is -0.958. The van der Waals surface area contributed by atoms with Crippen molar-refractivity contribution in [1.82, 2.24) is 5.01 Å². The number of carbonyl (C=O) groups excluding carboxylic acids is 1. The van der Waals surface area contributed by atoms with Gasteiger partial charge in [-0.05, 0) is 25.1 Å². The van der Waals surface area contributed by atoms with Crippen LogP contribution in [-0.4, -0.2) is 21.7 Å². The molecule has 1 atom stereocenters. The van der Waals surface area contributed by atoms with Crippen molar-refractivity contribution in [3.63, 3.8) is 0 Å². The van der Waals surface area contributed by atoms with Gasteiger partial charge in [0, 0.05) is 18.6 Å². The molecule has 0 N–H and O–H groups in total. The van der Waals surface area contributed by atoms with Gasteiger partial charge in [0.25, 0.3) is 5.69 Å². The minimum atomic E-state index is -0.958. The molecule has 0 spiro atoms. The molecule has 3 rings (SSSR count). The number of ether oxygens (including phenoxy) is 1. The van der Waals surface area contributed by atoms with Gasteiger partial charge in [0.15, 0.2) is 0 Å². The highest BCUT2D eigenvalue weighted by Gasteiger charge is 2.36. The molecule has 0 saturated heterocycles. The van der Waals surface area contributed by atoms with Crippen LogP contribution in [0, 0.1) is 17.0 Å². The lowest BCUT2D eigenvalue weighted by Gasteiger charge is -2.19. The van der Waals surface area contributed by atoms with Crippen molar-refractivity contribution in [2.75, 3.05) is 0 Å². The number of nitro benzene ring substituents is 1. The van der Waals surface area contributed by atoms with Crippen molar-refractivity contribution in [2.45, 2.75) is 20.1 Å². The molecule has 1 aliphatic heterocycles. The Kier molecular flexibility index (Phi) is 3.99. The van der Waals surface area contributed by atoms with Gasteiger partial charge >= 0.3 is 0 Å². The Morgan fingerprint density at radius 2 is 1.88 bits per heavy atom. The number of hydrazone groups is 1. The molecule has 0 saturated carbocycles. The number of aryl methyl sites for hydroxylation is 1. The topological polar surface area (TPSA) is 85.0 Å². The molecule has 1 heterocycles. The normalized spacial score (nSPS) is 16.5. The lowest BCUT2D eigenvalue weighted by molar-refractivity contribution is -0.386. The van der Waals surface area contributed by atoms with Gasteiger partial charge < -0.3 is 4.74 Å². The Labute approximate surface area is 138 Å². The third-order valence-electron chi connectivity index (χ3n) is 3.66. The molecule has 1 aliphatic rings. The van der Waals surface area contributed by atoms with Crippen LogP contribution in [0.5, 0.6) is 0 Å². The maximum atomic E-state index is 11.9. The smallest absolute Gasteiger partial charge is 0.278 e. The quantitative estimate of drug-likeness (QED) is 0.641. The third-order valence-corrected chi connectivity index (χ3v) is 3.66. The van der Waals surface area contributed by atoms with E-state index in [1.165, 1.54) is 13.0 Å². The van der Waals surface area contributed by atoms with Gasteiger partial charge in [0.05, 0.1) is 10.5 Å². The highest BCUT2D eigenvalue weighted by molar-refractivity contribution is 5.96. The van der Waals surface area contributed by atoms with Gasteiger partial charge in [-0.1, -0.05) is 29.8 Å². The molecular formula is C17H15N3O4. The standard InChI is InChI=1S/C17H15N3O4/c1-11-7-9-13(10-8-11)16-18-19(12(2)21)17(24-16)14-5-3-4-6-15(14)20(22)23/h3-10,17H,1-2H3. The van der Waals surface area contributed by atoms with Crippen LogP contribution in [-0.2, 0) is 9.53 Å². The summed E-state index contributed by atoms with van der Waals surface area (Å²) in [7, 11) is 0. The maximum Gasteiger partial charge on any atom is 0.278 e. The minimum Gasteiger partial charge on any atom is -0.445 e. The van der Waals surface area contributed by atoms with Crippen LogP contribution < -0.4 is 0 Å². The second-order valence-corrected chi connectivity index (χ2v) is 5.42. The molecule has 0 fully saturated rings. The molecule has 24 heavy (non-hydrogen) atoms. The fourth-order valence-corrected chi connectivity index (χ4v) is 2.44. The van der Waals surface area contributed by atoms with E-state index in [0.29, 0.717) is 5.56 Å². The van der Waals surface area contributed by atoms with E-state index in [0.717, 1.165) is 10.6 Å². The first-order valence-electron chi connectivity index (χ1n) is 7.33. The number of hydrogen-bond donors (Lipinski definition) is 0. The zero-order chi connectivity index (χ0) is 17.3. The fourth-order valence-electron chi connectivity index (χ4n) is 2.44. The summed E-state index contributed by atoms with van der Waals surface area (Å²) in [6.45, 7) is 3.30. The predicted molar refractivity (Wildman–Crippen MR) is 87.2 cm³/mol. The zero-order valence-electron chi connectivity index (χ0n) is 13.2. The number of carbonyl (C=O) groups is 1. The van der Waals surface area contributed by atoms with Gasteiger partial charge in [-0.15, -0.1) is 5.10 Å². The number of nitrogens with zero attached hydrogens (tertiary/aromatic N) is 3. The van der Waals surface area contributed by atoms with Gasteiger partial charge in [0.1, 0.15) is 0 Å². The molecule has 122 valence electrons. The molecule has 2 aromatic carbocycles. The first-order valence-corrected chi connectivity index (χ1v) is 7.33. The summed E-state index contributed by atoms with van der Waals surface area (Å²) in [5.74, 6) is -0.103. The maximum absolute atomic E-state index is 11.9. The Bertz CT molecular complexity index is 830. The van der Waals surface area contributed by atoms with Gasteiger partial charge in [-0.25, -0.2) is 0 Å². The van der Waals surface area contributed by atoms with Crippen molar-refractivity contribution in [3.8, 4) is 0 Å². The summed E-state index contributed by atoms with van der Waals surface area (Å²) >= 11 is 0. The lowest BCUT2D eigenvalue weighted by atomic mass is 10.1. The molecule has 0 bridgehead atoms. The molecular weight excluding hydrogens is 310 g/mol. The highest BCUT2D eigenvalue weighted by atomic mass is 16.6. The van der Waals surface area contributed by atoms with Crippen LogP contribution >= 0.6 is 0 Å². The van der Waals surface area contributed by atoms with E-state index in [2.05, 4.69) is 5.10 Å². The van der Waals surface area contributed by atoms with Crippen LogP contribution in [0.3, 0.4) is 0 Å². The number of rotatable bonds is 3. The molecule has 0 aliphatic carbocycles. The van der Waals surface area contributed by atoms with Crippen molar-refractivity contribution in [2.24, 2.45) is 5.10 Å². The van der Waals surface area contributed by atoms with E-state index < -0.39 is 11.2 Å². The van der Waals surface area contributed by atoms with E-state index in [9.17, 15) is 14.9 Å². The molecule has 7 nitrogen and oxygen atoms in total. The van der Waals surface area contributed by atoms with E-state index in [-0.39, 0.29) is 23.1 Å². The Morgan fingerprint density at radius 3 is 2.50 bits per heavy atom. The molecule has 1 amide bonds. The summed E-state index contributed by atoms with van der Waals surface area (Å²) < 4.78 is 5.79. The van der Waals surface area contributed by atoms with Crippen LogP contribution in [0.2, 0.25) is 0 Å². The second-order valence-electron chi connectivity index (χ2n) is 5.42. The fraction of sp³-hybridized carbons (Fsp3) is 0.176. The Balaban J connectivity index is 2.00. The number of amides is 1. The first kappa shape index (κ1) is 15.7. The van der Waals surface area contributed by atoms with Crippen molar-refractivity contribution in [1.29, 1.82) is 0 Å². The van der Waals surface area contributed by atoms with Crippen molar-refractivity contribution in [3.05, 3.63) is 75.3 Å². The zero-order valence-corrected chi connectivity index (χ0v) is 13.2. The summed E-state index contributed by atoms with van der Waals surface area (Å²) in [6, 6.07) is 13.6. The van der Waals surface area contributed by atoms with Crippen LogP contribution in [0.15, 0.2) is 53.6 Å². The monoisotopic (exact) mass is 325 g/mol. The van der Waals surface area contributed by atoms with Gasteiger partial charge in [-0.3, -0.25) is 14.9 Å². The summed E-state index contributed by atoms with van der Waals surface area (Å²) in [4.78, 5) is 22.7. The number of hydrogen-bond acceptors (Lipinski definition) is 5. The van der Waals surface area contributed by atoms with Crippen molar-refractivity contribution >= 4 is 17.5 Å². The van der Waals surface area contributed by atoms with E-state index >= 15 is 0 Å². The molecule has 0 aromatic heterocycles. The SMILES string of the molecule is CC(=O)N1N=C(c2ccc(C)cc2)OC1c1ccccc1[N+](=O)[O-]. The molecule has 2 aromatic rings. The first-order chi connectivity index (χ1) is 11.5. The predicted octanol–water partition coefficient (Wildman–Crippen LogP) is 3.14. The van der Waals surface area contributed by atoms with Crippen LogP contribution in [0.4, 0.5) is 5.69 Å². The average Bonchev–Trinajstić information content (AvgIpc) is 3.01. The lowest BCUT2D eigenvalue weighted by Crippen LogP contribution is -2.25. The largest absolute Gasteiger partial charge is 0.445 e. The van der Waals surface area contributed by atoms with E-state index in [4.69, 9.17) is 4.74 Å². The van der Waals surface area contributed by atoms with Crippen LogP contribution in [0.1, 0.15) is 29.8 Å². The van der Waals surface area contributed by atoms with Gasteiger partial charge in [-0.2, -0.15) is 5.01 Å². The average molecular weight is 325 g/mol. The highest BCUT2D eigenvalue weighted by Crippen LogP contribution is 2.35. The number of nitro groups is 1. The summed E-state index contributed by atoms with van der Waals surface area (Å²) in [5.41, 5.74) is 1.95. The Morgan fingerprint density at radius 1 is 1.21 bits per heavy atom. The second kappa shape index (κ2) is 6.11. The molecule has 0 radical (unpaired) electrons.